The van der Waals surface area contributed by atoms with Crippen LogP contribution < -0.4 is 5.32 Å². The standard InChI is InChI=1S/C18H23NO2/c1-4-14-10-16(20)11-17(18(14)21)13(3)19-12(2)15-8-6-5-7-9-15/h5-13,19-21H,4H2,1-3H3. The number of aromatic hydroxyl groups is 2. The van der Waals surface area contributed by atoms with Crippen LogP contribution in [0.3, 0.4) is 0 Å². The van der Waals surface area contributed by atoms with Crippen molar-refractivity contribution in [1.29, 1.82) is 0 Å². The topological polar surface area (TPSA) is 52.5 Å². The van der Waals surface area contributed by atoms with Crippen molar-refractivity contribution in [2.24, 2.45) is 0 Å². The number of phenolic OH excluding ortho intramolecular Hbond substituents is 2. The molecule has 21 heavy (non-hydrogen) atoms. The van der Waals surface area contributed by atoms with Crippen molar-refractivity contribution in [3.05, 3.63) is 59.2 Å². The Hall–Kier alpha value is -2.00. The van der Waals surface area contributed by atoms with Gasteiger partial charge in [0.25, 0.3) is 0 Å². The normalized spacial score (nSPS) is 13.9. The van der Waals surface area contributed by atoms with Gasteiger partial charge in [-0.2, -0.15) is 0 Å². The van der Waals surface area contributed by atoms with E-state index in [-0.39, 0.29) is 23.6 Å². The van der Waals surface area contributed by atoms with Crippen molar-refractivity contribution < 1.29 is 10.2 Å². The summed E-state index contributed by atoms with van der Waals surface area (Å²) in [5, 5.41) is 23.6. The monoisotopic (exact) mass is 285 g/mol. The van der Waals surface area contributed by atoms with E-state index in [0.717, 1.165) is 11.1 Å². The lowest BCUT2D eigenvalue weighted by Gasteiger charge is -2.22. The third-order valence-electron chi connectivity index (χ3n) is 3.85. The maximum Gasteiger partial charge on any atom is 0.123 e. The third-order valence-corrected chi connectivity index (χ3v) is 3.85. The molecule has 2 aromatic carbocycles. The van der Waals surface area contributed by atoms with Crippen LogP contribution in [-0.2, 0) is 6.42 Å². The number of rotatable bonds is 5. The highest BCUT2D eigenvalue weighted by Crippen LogP contribution is 2.33. The highest BCUT2D eigenvalue weighted by Gasteiger charge is 2.17. The fraction of sp³-hybridized carbons (Fsp3) is 0.333. The van der Waals surface area contributed by atoms with Gasteiger partial charge in [-0.25, -0.2) is 0 Å². The van der Waals surface area contributed by atoms with Gasteiger partial charge in [0, 0.05) is 17.6 Å². The molecule has 0 aromatic heterocycles. The fourth-order valence-corrected chi connectivity index (χ4v) is 2.60. The second kappa shape index (κ2) is 6.64. The number of hydrogen-bond donors (Lipinski definition) is 3. The summed E-state index contributed by atoms with van der Waals surface area (Å²) >= 11 is 0. The van der Waals surface area contributed by atoms with Crippen LogP contribution in [0.2, 0.25) is 0 Å². The molecule has 0 amide bonds. The average Bonchev–Trinajstić information content (AvgIpc) is 2.49. The average molecular weight is 285 g/mol. The van der Waals surface area contributed by atoms with Crippen molar-refractivity contribution in [3.63, 3.8) is 0 Å². The molecule has 2 unspecified atom stereocenters. The van der Waals surface area contributed by atoms with Gasteiger partial charge in [-0.3, -0.25) is 0 Å². The van der Waals surface area contributed by atoms with Gasteiger partial charge >= 0.3 is 0 Å². The highest BCUT2D eigenvalue weighted by atomic mass is 16.3. The Labute approximate surface area is 126 Å². The quantitative estimate of drug-likeness (QED) is 0.726. The molecule has 0 aliphatic heterocycles. The second-order valence-electron chi connectivity index (χ2n) is 5.42. The fourth-order valence-electron chi connectivity index (χ4n) is 2.60. The van der Waals surface area contributed by atoms with Crippen LogP contribution in [-0.4, -0.2) is 10.2 Å². The minimum atomic E-state index is -0.0578. The first kappa shape index (κ1) is 15.4. The van der Waals surface area contributed by atoms with Crippen molar-refractivity contribution in [2.45, 2.75) is 39.3 Å². The van der Waals surface area contributed by atoms with Crippen LogP contribution in [0.5, 0.6) is 11.5 Å². The van der Waals surface area contributed by atoms with E-state index in [0.29, 0.717) is 6.42 Å². The summed E-state index contributed by atoms with van der Waals surface area (Å²) in [5.41, 5.74) is 2.69. The van der Waals surface area contributed by atoms with Crippen molar-refractivity contribution >= 4 is 0 Å². The molecule has 0 aliphatic rings. The van der Waals surface area contributed by atoms with Crippen LogP contribution >= 0.6 is 0 Å². The first-order valence-electron chi connectivity index (χ1n) is 7.38. The molecule has 3 heteroatoms. The molecular weight excluding hydrogens is 262 g/mol. The molecule has 0 radical (unpaired) electrons. The van der Waals surface area contributed by atoms with E-state index in [1.165, 1.54) is 5.56 Å². The molecule has 0 bridgehead atoms. The minimum absolute atomic E-state index is 0.0578. The maximum atomic E-state index is 10.3. The van der Waals surface area contributed by atoms with E-state index in [4.69, 9.17) is 0 Å². The van der Waals surface area contributed by atoms with Gasteiger partial charge in [0.15, 0.2) is 0 Å². The summed E-state index contributed by atoms with van der Waals surface area (Å²) in [6.07, 6.45) is 0.689. The minimum Gasteiger partial charge on any atom is -0.508 e. The molecule has 0 spiro atoms. The second-order valence-corrected chi connectivity index (χ2v) is 5.42. The summed E-state index contributed by atoms with van der Waals surface area (Å²) in [4.78, 5) is 0. The molecule has 2 atom stereocenters. The number of hydrogen-bond acceptors (Lipinski definition) is 3. The van der Waals surface area contributed by atoms with E-state index >= 15 is 0 Å². The van der Waals surface area contributed by atoms with Crippen molar-refractivity contribution in [1.82, 2.24) is 5.32 Å². The first-order valence-corrected chi connectivity index (χ1v) is 7.38. The Morgan fingerprint density at radius 1 is 1.00 bits per heavy atom. The molecule has 0 aliphatic carbocycles. The zero-order valence-corrected chi connectivity index (χ0v) is 12.8. The summed E-state index contributed by atoms with van der Waals surface area (Å²) in [6.45, 7) is 6.04. The van der Waals surface area contributed by atoms with Crippen molar-refractivity contribution in [3.8, 4) is 11.5 Å². The number of benzene rings is 2. The Bertz CT molecular complexity index is 596. The van der Waals surface area contributed by atoms with Crippen LogP contribution in [0.25, 0.3) is 0 Å². The van der Waals surface area contributed by atoms with Crippen LogP contribution in [0, 0.1) is 0 Å². The number of aryl methyl sites for hydroxylation is 1. The summed E-state index contributed by atoms with van der Waals surface area (Å²) in [5.74, 6) is 0.469. The van der Waals surface area contributed by atoms with E-state index < -0.39 is 0 Å². The van der Waals surface area contributed by atoms with Gasteiger partial charge in [0.1, 0.15) is 11.5 Å². The zero-order valence-electron chi connectivity index (χ0n) is 12.8. The molecule has 0 saturated carbocycles. The predicted molar refractivity (Wildman–Crippen MR) is 85.6 cm³/mol. The lowest BCUT2D eigenvalue weighted by molar-refractivity contribution is 0.424. The Morgan fingerprint density at radius 3 is 2.29 bits per heavy atom. The van der Waals surface area contributed by atoms with Crippen LogP contribution in [0.1, 0.15) is 49.5 Å². The van der Waals surface area contributed by atoms with Gasteiger partial charge in [-0.15, -0.1) is 0 Å². The van der Waals surface area contributed by atoms with Gasteiger partial charge < -0.3 is 15.5 Å². The van der Waals surface area contributed by atoms with Gasteiger partial charge in [-0.1, -0.05) is 37.3 Å². The van der Waals surface area contributed by atoms with Gasteiger partial charge in [0.2, 0.25) is 0 Å². The van der Waals surface area contributed by atoms with Gasteiger partial charge in [-0.05, 0) is 43.5 Å². The Balaban J connectivity index is 2.21. The van der Waals surface area contributed by atoms with Gasteiger partial charge in [0.05, 0.1) is 0 Å². The van der Waals surface area contributed by atoms with E-state index in [1.54, 1.807) is 12.1 Å². The van der Waals surface area contributed by atoms with E-state index in [1.807, 2.05) is 32.0 Å². The molecule has 3 nitrogen and oxygen atoms in total. The van der Waals surface area contributed by atoms with E-state index in [2.05, 4.69) is 24.4 Å². The SMILES string of the molecule is CCc1cc(O)cc(C(C)NC(C)c2ccccc2)c1O. The first-order chi connectivity index (χ1) is 10.0. The lowest BCUT2D eigenvalue weighted by Crippen LogP contribution is -2.22. The third kappa shape index (κ3) is 3.56. The molecule has 112 valence electrons. The molecular formula is C18H23NO2. The largest absolute Gasteiger partial charge is 0.508 e. The molecule has 2 aromatic rings. The smallest absolute Gasteiger partial charge is 0.123 e. The maximum absolute atomic E-state index is 10.3. The summed E-state index contributed by atoms with van der Waals surface area (Å²) in [6, 6.07) is 13.5. The zero-order chi connectivity index (χ0) is 15.4. The lowest BCUT2D eigenvalue weighted by atomic mass is 9.99. The highest BCUT2D eigenvalue weighted by molar-refractivity contribution is 5.47. The Kier molecular flexibility index (Phi) is 4.86. The molecule has 2 rings (SSSR count). The number of nitrogens with one attached hydrogen (secondary N) is 1. The Morgan fingerprint density at radius 2 is 1.67 bits per heavy atom. The summed E-state index contributed by atoms with van der Waals surface area (Å²) < 4.78 is 0. The predicted octanol–water partition coefficient (Wildman–Crippen LogP) is 4.07. The van der Waals surface area contributed by atoms with Crippen LogP contribution in [0.15, 0.2) is 42.5 Å². The molecule has 0 heterocycles. The summed E-state index contributed by atoms with van der Waals surface area (Å²) in [7, 11) is 0. The van der Waals surface area contributed by atoms with E-state index in [9.17, 15) is 10.2 Å². The van der Waals surface area contributed by atoms with Crippen LogP contribution in [0.4, 0.5) is 0 Å². The molecule has 3 N–H and O–H groups in total. The molecule has 0 saturated heterocycles. The van der Waals surface area contributed by atoms with Crippen molar-refractivity contribution in [2.75, 3.05) is 0 Å². The number of phenols is 2. The molecule has 0 fully saturated rings.